The number of benzene rings is 1. The molecule has 0 spiro atoms. The van der Waals surface area contributed by atoms with Crippen molar-refractivity contribution in [3.8, 4) is 0 Å². The molecule has 1 rings (SSSR count). The topological polar surface area (TPSA) is 36.4 Å². The summed E-state index contributed by atoms with van der Waals surface area (Å²) < 4.78 is 0. The Kier molecular flexibility index (Phi) is 9.65. The van der Waals surface area contributed by atoms with Gasteiger partial charge in [-0.3, -0.25) is 0 Å². The van der Waals surface area contributed by atoms with Gasteiger partial charge in [-0.25, -0.2) is 4.99 Å². The van der Waals surface area contributed by atoms with Gasteiger partial charge in [-0.1, -0.05) is 31.2 Å². The second kappa shape index (κ2) is 10.1. The van der Waals surface area contributed by atoms with Gasteiger partial charge in [-0.05, 0) is 38.3 Å². The largest absolute Gasteiger partial charge is 0.357 e. The smallest absolute Gasteiger partial charge is 0.191 e. The standard InChI is InChI=1S/C15H25N3.HI/c1-5-13(4)18-15(16-6-2)17-11-14-10-8-7-9-12(14)3;/h7-10,13H,5-6,11H2,1-4H3,(H2,16,17,18);1H. The van der Waals surface area contributed by atoms with Gasteiger partial charge in [-0.15, -0.1) is 24.0 Å². The van der Waals surface area contributed by atoms with Crippen molar-refractivity contribution >= 4 is 29.9 Å². The first kappa shape index (κ1) is 18.2. The van der Waals surface area contributed by atoms with Crippen molar-refractivity contribution in [2.75, 3.05) is 6.54 Å². The maximum absolute atomic E-state index is 4.63. The monoisotopic (exact) mass is 375 g/mol. The summed E-state index contributed by atoms with van der Waals surface area (Å²) in [7, 11) is 0. The van der Waals surface area contributed by atoms with E-state index >= 15 is 0 Å². The van der Waals surface area contributed by atoms with Crippen LogP contribution in [0.5, 0.6) is 0 Å². The number of nitrogens with one attached hydrogen (secondary N) is 2. The zero-order chi connectivity index (χ0) is 13.4. The first-order chi connectivity index (χ1) is 8.67. The molecule has 0 radical (unpaired) electrons. The number of rotatable bonds is 5. The van der Waals surface area contributed by atoms with Gasteiger partial charge in [0, 0.05) is 12.6 Å². The van der Waals surface area contributed by atoms with Crippen LogP contribution < -0.4 is 10.6 Å². The van der Waals surface area contributed by atoms with Gasteiger partial charge in [0.1, 0.15) is 0 Å². The highest BCUT2D eigenvalue weighted by Crippen LogP contribution is 2.07. The van der Waals surface area contributed by atoms with Crippen LogP contribution >= 0.6 is 24.0 Å². The van der Waals surface area contributed by atoms with Crippen LogP contribution in [-0.2, 0) is 6.54 Å². The number of hydrogen-bond donors (Lipinski definition) is 2. The minimum atomic E-state index is 0. The normalized spacial score (nSPS) is 12.5. The lowest BCUT2D eigenvalue weighted by molar-refractivity contribution is 0.624. The molecule has 0 aromatic heterocycles. The lowest BCUT2D eigenvalue weighted by atomic mass is 10.1. The first-order valence-corrected chi connectivity index (χ1v) is 6.76. The second-order valence-corrected chi connectivity index (χ2v) is 4.58. The highest BCUT2D eigenvalue weighted by Gasteiger charge is 2.02. The molecule has 0 bridgehead atoms. The van der Waals surface area contributed by atoms with Crippen molar-refractivity contribution < 1.29 is 0 Å². The minimum Gasteiger partial charge on any atom is -0.357 e. The quantitative estimate of drug-likeness (QED) is 0.470. The summed E-state index contributed by atoms with van der Waals surface area (Å²) in [5, 5.41) is 6.67. The Balaban J connectivity index is 0.00000324. The Morgan fingerprint density at radius 1 is 1.26 bits per heavy atom. The fourth-order valence-electron chi connectivity index (χ4n) is 1.61. The van der Waals surface area contributed by atoms with Crippen LogP contribution in [0.3, 0.4) is 0 Å². The number of hydrogen-bond acceptors (Lipinski definition) is 1. The third-order valence-corrected chi connectivity index (χ3v) is 3.01. The Morgan fingerprint density at radius 3 is 2.53 bits per heavy atom. The summed E-state index contributed by atoms with van der Waals surface area (Å²) in [6, 6.07) is 8.82. The van der Waals surface area contributed by atoms with Crippen LogP contribution in [0.1, 0.15) is 38.3 Å². The Labute approximate surface area is 134 Å². The van der Waals surface area contributed by atoms with E-state index in [0.717, 1.165) is 25.5 Å². The molecule has 0 aliphatic carbocycles. The summed E-state index contributed by atoms with van der Waals surface area (Å²) in [4.78, 5) is 4.63. The molecule has 0 aliphatic rings. The van der Waals surface area contributed by atoms with Gasteiger partial charge >= 0.3 is 0 Å². The average molecular weight is 375 g/mol. The Morgan fingerprint density at radius 2 is 1.95 bits per heavy atom. The van der Waals surface area contributed by atoms with E-state index in [1.807, 2.05) is 0 Å². The lowest BCUT2D eigenvalue weighted by Crippen LogP contribution is -2.41. The molecule has 1 aromatic carbocycles. The Bertz CT molecular complexity index is 391. The van der Waals surface area contributed by atoms with Crippen LogP contribution in [0.25, 0.3) is 0 Å². The Hall–Kier alpha value is -0.780. The van der Waals surface area contributed by atoms with Crippen LogP contribution in [0, 0.1) is 6.92 Å². The van der Waals surface area contributed by atoms with Crippen molar-refractivity contribution in [1.82, 2.24) is 10.6 Å². The van der Waals surface area contributed by atoms with Crippen LogP contribution in [0.4, 0.5) is 0 Å². The summed E-state index contributed by atoms with van der Waals surface area (Å²) >= 11 is 0. The molecule has 1 atom stereocenters. The van der Waals surface area contributed by atoms with Gasteiger partial charge in [0.15, 0.2) is 5.96 Å². The maximum Gasteiger partial charge on any atom is 0.191 e. The summed E-state index contributed by atoms with van der Waals surface area (Å²) in [6.45, 7) is 10.2. The fraction of sp³-hybridized carbons (Fsp3) is 0.533. The molecule has 1 aromatic rings. The SMILES string of the molecule is CCNC(=NCc1ccccc1C)NC(C)CC.I. The second-order valence-electron chi connectivity index (χ2n) is 4.58. The molecule has 4 heteroatoms. The average Bonchev–Trinajstić information content (AvgIpc) is 2.37. The van der Waals surface area contributed by atoms with Crippen LogP contribution in [0.2, 0.25) is 0 Å². The van der Waals surface area contributed by atoms with Gasteiger partial charge in [0.25, 0.3) is 0 Å². The van der Waals surface area contributed by atoms with E-state index in [-0.39, 0.29) is 24.0 Å². The van der Waals surface area contributed by atoms with Crippen molar-refractivity contribution in [1.29, 1.82) is 0 Å². The van der Waals surface area contributed by atoms with Crippen LogP contribution in [0.15, 0.2) is 29.3 Å². The predicted molar refractivity (Wildman–Crippen MR) is 94.3 cm³/mol. The zero-order valence-electron chi connectivity index (χ0n) is 12.4. The van der Waals surface area contributed by atoms with Gasteiger partial charge in [0.2, 0.25) is 0 Å². The lowest BCUT2D eigenvalue weighted by Gasteiger charge is -2.16. The van der Waals surface area contributed by atoms with Crippen molar-refractivity contribution in [2.24, 2.45) is 4.99 Å². The number of nitrogens with zero attached hydrogens (tertiary/aromatic N) is 1. The van der Waals surface area contributed by atoms with E-state index in [1.165, 1.54) is 11.1 Å². The van der Waals surface area contributed by atoms with E-state index in [0.29, 0.717) is 6.04 Å². The molecule has 0 amide bonds. The molecule has 0 saturated carbocycles. The summed E-state index contributed by atoms with van der Waals surface area (Å²) in [5.74, 6) is 0.898. The number of aliphatic imine (C=N–C) groups is 1. The molecule has 0 fully saturated rings. The number of halogens is 1. The fourth-order valence-corrected chi connectivity index (χ4v) is 1.61. The molecule has 0 saturated heterocycles. The molecular formula is C15H26IN3. The molecule has 0 heterocycles. The molecule has 2 N–H and O–H groups in total. The first-order valence-electron chi connectivity index (χ1n) is 6.76. The van der Waals surface area contributed by atoms with Crippen LogP contribution in [-0.4, -0.2) is 18.5 Å². The van der Waals surface area contributed by atoms with Crippen molar-refractivity contribution in [3.05, 3.63) is 35.4 Å². The maximum atomic E-state index is 4.63. The van der Waals surface area contributed by atoms with E-state index in [2.05, 4.69) is 67.6 Å². The van der Waals surface area contributed by atoms with Crippen molar-refractivity contribution in [3.63, 3.8) is 0 Å². The summed E-state index contributed by atoms with van der Waals surface area (Å²) in [6.07, 6.45) is 1.09. The van der Waals surface area contributed by atoms with Gasteiger partial charge in [-0.2, -0.15) is 0 Å². The van der Waals surface area contributed by atoms with E-state index in [9.17, 15) is 0 Å². The molecule has 108 valence electrons. The molecule has 19 heavy (non-hydrogen) atoms. The van der Waals surface area contributed by atoms with E-state index < -0.39 is 0 Å². The third-order valence-electron chi connectivity index (χ3n) is 3.01. The third kappa shape index (κ3) is 6.80. The van der Waals surface area contributed by atoms with E-state index in [4.69, 9.17) is 0 Å². The summed E-state index contributed by atoms with van der Waals surface area (Å²) in [5.41, 5.74) is 2.57. The number of aryl methyl sites for hydroxylation is 1. The number of guanidine groups is 1. The van der Waals surface area contributed by atoms with E-state index in [1.54, 1.807) is 0 Å². The van der Waals surface area contributed by atoms with Crippen molar-refractivity contribution in [2.45, 2.75) is 46.7 Å². The zero-order valence-corrected chi connectivity index (χ0v) is 14.7. The molecule has 0 aliphatic heterocycles. The van der Waals surface area contributed by atoms with Gasteiger partial charge < -0.3 is 10.6 Å². The molecular weight excluding hydrogens is 349 g/mol. The minimum absolute atomic E-state index is 0. The van der Waals surface area contributed by atoms with Gasteiger partial charge in [0.05, 0.1) is 6.54 Å². The highest BCUT2D eigenvalue weighted by atomic mass is 127. The highest BCUT2D eigenvalue weighted by molar-refractivity contribution is 14.0. The molecule has 1 unspecified atom stereocenters. The predicted octanol–water partition coefficient (Wildman–Crippen LogP) is 3.47. The molecule has 3 nitrogen and oxygen atoms in total.